The molecule has 0 spiro atoms. The van der Waals surface area contributed by atoms with Crippen molar-refractivity contribution in [1.82, 2.24) is 14.8 Å². The van der Waals surface area contributed by atoms with Crippen LogP contribution in [0.2, 0.25) is 0 Å². The molecule has 1 aliphatic heterocycles. The van der Waals surface area contributed by atoms with Crippen LogP contribution >= 0.6 is 11.8 Å². The molecule has 1 aliphatic rings. The normalized spacial score (nSPS) is 17.5. The van der Waals surface area contributed by atoms with Crippen LogP contribution in [0, 0.1) is 20.8 Å². The van der Waals surface area contributed by atoms with Crippen LogP contribution in [0.25, 0.3) is 0 Å². The zero-order valence-corrected chi connectivity index (χ0v) is 19.8. The van der Waals surface area contributed by atoms with Crippen LogP contribution in [-0.4, -0.2) is 46.2 Å². The van der Waals surface area contributed by atoms with Gasteiger partial charge in [-0.1, -0.05) is 23.9 Å². The minimum Gasteiger partial charge on any atom is -0.484 e. The maximum Gasteiger partial charge on any atom is 0.277 e. The Morgan fingerprint density at radius 2 is 2.06 bits per heavy atom. The summed E-state index contributed by atoms with van der Waals surface area (Å²) in [4.78, 5) is 12.8. The van der Waals surface area contributed by atoms with Crippen LogP contribution in [0.4, 0.5) is 0 Å². The number of carbonyl (C=O) groups excluding carboxylic acids is 1. The number of carbonyl (C=O) groups is 1. The maximum atomic E-state index is 12.8. The Morgan fingerprint density at radius 3 is 2.78 bits per heavy atom. The lowest BCUT2D eigenvalue weighted by Crippen LogP contribution is -2.14. The average molecular weight is 476 g/mol. The number of ether oxygens (including phenoxy) is 1. The van der Waals surface area contributed by atoms with E-state index in [0.29, 0.717) is 23.1 Å². The van der Waals surface area contributed by atoms with E-state index in [9.17, 15) is 13.2 Å². The zero-order valence-electron chi connectivity index (χ0n) is 18.2. The second-order valence-electron chi connectivity index (χ2n) is 7.99. The largest absolute Gasteiger partial charge is 0.484 e. The highest BCUT2D eigenvalue weighted by molar-refractivity contribution is 7.99. The molecule has 0 amide bonds. The molecule has 4 rings (SSSR count). The molecule has 0 aliphatic carbocycles. The molecule has 1 unspecified atom stereocenters. The van der Waals surface area contributed by atoms with Crippen LogP contribution < -0.4 is 4.74 Å². The number of rotatable bonds is 8. The monoisotopic (exact) mass is 475 g/mol. The van der Waals surface area contributed by atoms with Crippen molar-refractivity contribution in [2.24, 2.45) is 0 Å². The number of hydrogen-bond donors (Lipinski definition) is 0. The van der Waals surface area contributed by atoms with E-state index in [0.717, 1.165) is 22.7 Å². The molecule has 32 heavy (non-hydrogen) atoms. The van der Waals surface area contributed by atoms with Crippen LogP contribution in [0.1, 0.15) is 45.7 Å². The number of benzene rings is 1. The Morgan fingerprint density at radius 1 is 1.25 bits per heavy atom. The summed E-state index contributed by atoms with van der Waals surface area (Å²) in [5.41, 5.74) is 3.39. The fraction of sp³-hybridized carbons (Fsp3) is 0.409. The summed E-state index contributed by atoms with van der Waals surface area (Å²) in [6.45, 7) is 5.90. The van der Waals surface area contributed by atoms with E-state index in [1.807, 2.05) is 55.7 Å². The van der Waals surface area contributed by atoms with E-state index in [2.05, 4.69) is 10.2 Å². The first-order valence-corrected chi connectivity index (χ1v) is 13.1. The SMILES string of the molecule is Cc1cccc(OCc2nnc(SCC(=O)c3cc(C)n(C4CCS(=O)(=O)C4)c3C)o2)c1. The maximum absolute atomic E-state index is 12.8. The quantitative estimate of drug-likeness (QED) is 0.359. The summed E-state index contributed by atoms with van der Waals surface area (Å²) in [6, 6.07) is 9.39. The van der Waals surface area contributed by atoms with Gasteiger partial charge >= 0.3 is 0 Å². The number of Topliss-reactive ketones (excluding diaryl/α,β-unsaturated/α-hetero) is 1. The van der Waals surface area contributed by atoms with E-state index in [-0.39, 0.29) is 35.7 Å². The molecule has 0 saturated carbocycles. The van der Waals surface area contributed by atoms with Gasteiger partial charge in [0.15, 0.2) is 22.2 Å². The van der Waals surface area contributed by atoms with Gasteiger partial charge in [0.1, 0.15) is 5.75 Å². The third-order valence-corrected chi connectivity index (χ3v) is 8.05. The molecule has 0 N–H and O–H groups in total. The molecule has 0 bridgehead atoms. The van der Waals surface area contributed by atoms with Crippen LogP contribution in [-0.2, 0) is 16.4 Å². The Hall–Kier alpha value is -2.59. The van der Waals surface area contributed by atoms with Crippen molar-refractivity contribution in [2.45, 2.75) is 45.1 Å². The lowest BCUT2D eigenvalue weighted by atomic mass is 10.2. The molecule has 2 aromatic heterocycles. The number of aromatic nitrogens is 3. The summed E-state index contributed by atoms with van der Waals surface area (Å²) < 4.78 is 36.9. The van der Waals surface area contributed by atoms with Crippen LogP contribution in [0.5, 0.6) is 5.75 Å². The first-order chi connectivity index (χ1) is 15.2. The summed E-state index contributed by atoms with van der Waals surface area (Å²) in [7, 11) is -3.00. The second kappa shape index (κ2) is 9.11. The number of nitrogens with zero attached hydrogens (tertiary/aromatic N) is 3. The van der Waals surface area contributed by atoms with Gasteiger partial charge in [-0.15, -0.1) is 10.2 Å². The predicted octanol–water partition coefficient (Wildman–Crippen LogP) is 3.71. The Bertz CT molecular complexity index is 1250. The number of hydrogen-bond acceptors (Lipinski definition) is 8. The average Bonchev–Trinajstić information content (AvgIpc) is 3.42. The van der Waals surface area contributed by atoms with Gasteiger partial charge in [0.2, 0.25) is 0 Å². The van der Waals surface area contributed by atoms with E-state index >= 15 is 0 Å². The molecular formula is C22H25N3O5S2. The van der Waals surface area contributed by atoms with Gasteiger partial charge in [0, 0.05) is 23.0 Å². The van der Waals surface area contributed by atoms with Crippen molar-refractivity contribution < 1.29 is 22.4 Å². The van der Waals surface area contributed by atoms with Gasteiger partial charge in [0.05, 0.1) is 17.3 Å². The highest BCUT2D eigenvalue weighted by Crippen LogP contribution is 2.30. The van der Waals surface area contributed by atoms with E-state index in [4.69, 9.17) is 9.15 Å². The molecule has 3 heterocycles. The van der Waals surface area contributed by atoms with Gasteiger partial charge < -0.3 is 13.7 Å². The first kappa shape index (κ1) is 22.6. The standard InChI is InChI=1S/C22H25N3O5S2/c1-14-5-4-6-18(9-14)29-11-21-23-24-22(30-21)31-12-20(26)19-10-15(2)25(16(19)3)17-7-8-32(27,28)13-17/h4-6,9-10,17H,7-8,11-13H2,1-3H3. The predicted molar refractivity (Wildman–Crippen MR) is 121 cm³/mol. The Kier molecular flexibility index (Phi) is 6.43. The molecule has 8 nitrogen and oxygen atoms in total. The summed E-state index contributed by atoms with van der Waals surface area (Å²) >= 11 is 1.17. The Labute approximate surface area is 191 Å². The molecule has 3 aromatic rings. The van der Waals surface area contributed by atoms with Crippen molar-refractivity contribution in [3.63, 3.8) is 0 Å². The molecule has 1 atom stereocenters. The van der Waals surface area contributed by atoms with Crippen LogP contribution in [0.15, 0.2) is 40.0 Å². The first-order valence-electron chi connectivity index (χ1n) is 10.3. The molecular weight excluding hydrogens is 450 g/mol. The molecule has 0 radical (unpaired) electrons. The van der Waals surface area contributed by atoms with Gasteiger partial charge in [-0.25, -0.2) is 8.42 Å². The van der Waals surface area contributed by atoms with Gasteiger partial charge in [-0.3, -0.25) is 4.79 Å². The third-order valence-electron chi connectivity index (χ3n) is 5.49. The van der Waals surface area contributed by atoms with E-state index in [1.165, 1.54) is 11.8 Å². The number of aryl methyl sites for hydroxylation is 2. The van der Waals surface area contributed by atoms with Crippen molar-refractivity contribution in [2.75, 3.05) is 17.3 Å². The van der Waals surface area contributed by atoms with Crippen molar-refractivity contribution >= 4 is 27.4 Å². The summed E-state index contributed by atoms with van der Waals surface area (Å²) in [6.07, 6.45) is 0.580. The van der Waals surface area contributed by atoms with Crippen molar-refractivity contribution in [1.29, 1.82) is 0 Å². The minimum absolute atomic E-state index is 0.0639. The highest BCUT2D eigenvalue weighted by Gasteiger charge is 2.31. The van der Waals surface area contributed by atoms with E-state index in [1.54, 1.807) is 0 Å². The lowest BCUT2D eigenvalue weighted by Gasteiger charge is -2.16. The molecule has 1 fully saturated rings. The van der Waals surface area contributed by atoms with Gasteiger partial charge in [-0.05, 0) is 51.0 Å². The minimum atomic E-state index is -3.00. The van der Waals surface area contributed by atoms with Crippen molar-refractivity contribution in [3.8, 4) is 5.75 Å². The zero-order chi connectivity index (χ0) is 22.9. The van der Waals surface area contributed by atoms with Crippen molar-refractivity contribution in [3.05, 3.63) is 58.7 Å². The van der Waals surface area contributed by atoms with Gasteiger partial charge in [0.25, 0.3) is 11.1 Å². The number of thioether (sulfide) groups is 1. The fourth-order valence-corrected chi connectivity index (χ4v) is 6.37. The number of ketones is 1. The highest BCUT2D eigenvalue weighted by atomic mass is 32.2. The molecule has 1 aromatic carbocycles. The fourth-order valence-electron chi connectivity index (χ4n) is 4.01. The van der Waals surface area contributed by atoms with E-state index < -0.39 is 9.84 Å². The summed E-state index contributed by atoms with van der Waals surface area (Å²) in [5, 5.41) is 8.25. The Balaban J connectivity index is 1.36. The molecule has 1 saturated heterocycles. The number of sulfone groups is 1. The van der Waals surface area contributed by atoms with Gasteiger partial charge in [-0.2, -0.15) is 0 Å². The van der Waals surface area contributed by atoms with Crippen LogP contribution in [0.3, 0.4) is 0 Å². The molecule has 170 valence electrons. The third kappa shape index (κ3) is 5.07. The summed E-state index contributed by atoms with van der Waals surface area (Å²) in [5.74, 6) is 1.46. The lowest BCUT2D eigenvalue weighted by molar-refractivity contribution is 0.102. The second-order valence-corrected chi connectivity index (χ2v) is 11.1. The topological polar surface area (TPSA) is 104 Å². The smallest absolute Gasteiger partial charge is 0.277 e. The molecule has 10 heteroatoms.